The molecule has 0 aliphatic carbocycles. The van der Waals surface area contributed by atoms with Crippen LogP contribution < -0.4 is 0 Å². The van der Waals surface area contributed by atoms with Crippen molar-refractivity contribution in [3.63, 3.8) is 0 Å². The van der Waals surface area contributed by atoms with E-state index in [0.717, 1.165) is 25.3 Å². The van der Waals surface area contributed by atoms with Crippen LogP contribution in [0.3, 0.4) is 0 Å². The number of ether oxygens (including phenoxy) is 2. The molecular weight excluding hydrogens is 236 g/mol. The molecule has 18 heavy (non-hydrogen) atoms. The zero-order valence-electron chi connectivity index (χ0n) is 10.7. The van der Waals surface area contributed by atoms with Crippen molar-refractivity contribution in [2.75, 3.05) is 13.2 Å². The topological polar surface area (TPSA) is 72.8 Å². The van der Waals surface area contributed by atoms with Gasteiger partial charge in [-0.15, -0.1) is 0 Å². The summed E-state index contributed by atoms with van der Waals surface area (Å²) in [6.45, 7) is 5.43. The second-order valence-electron chi connectivity index (χ2n) is 3.71. The van der Waals surface area contributed by atoms with Crippen LogP contribution in [-0.4, -0.2) is 30.3 Å². The van der Waals surface area contributed by atoms with E-state index in [1.807, 2.05) is 0 Å². The van der Waals surface area contributed by atoms with Gasteiger partial charge in [0.05, 0.1) is 12.4 Å². The third kappa shape index (κ3) is 10.7. The van der Waals surface area contributed by atoms with Crippen molar-refractivity contribution in [3.8, 4) is 0 Å². The van der Waals surface area contributed by atoms with Crippen molar-refractivity contribution < 1.29 is 24.2 Å². The minimum atomic E-state index is -0.488. The molecule has 0 amide bonds. The van der Waals surface area contributed by atoms with Gasteiger partial charge in [-0.3, -0.25) is 4.79 Å². The van der Waals surface area contributed by atoms with Crippen LogP contribution in [-0.2, 0) is 19.1 Å². The normalized spacial score (nSPS) is 15.6. The molecule has 0 bridgehead atoms. The van der Waals surface area contributed by atoms with E-state index in [1.54, 1.807) is 0 Å². The van der Waals surface area contributed by atoms with Gasteiger partial charge in [0, 0.05) is 12.5 Å². The second kappa shape index (κ2) is 10.4. The molecular formula is C13H20O5. The largest absolute Gasteiger partial charge is 0.513 e. The number of allylic oxidation sites excluding steroid dienone is 1. The molecule has 1 N–H and O–H groups in total. The summed E-state index contributed by atoms with van der Waals surface area (Å²) in [4.78, 5) is 20.8. The predicted octanol–water partition coefficient (Wildman–Crippen LogP) is 2.28. The zero-order chi connectivity index (χ0) is 13.8. The fourth-order valence-electron chi connectivity index (χ4n) is 1.11. The third-order valence-electron chi connectivity index (χ3n) is 2.06. The van der Waals surface area contributed by atoms with E-state index in [-0.39, 0.29) is 18.3 Å². The van der Waals surface area contributed by atoms with Crippen LogP contribution in [0.4, 0.5) is 0 Å². The number of aliphatic hydroxyl groups excluding tert-OH is 1. The van der Waals surface area contributed by atoms with Crippen molar-refractivity contribution in [1.29, 1.82) is 0 Å². The summed E-state index contributed by atoms with van der Waals surface area (Å²) in [5.74, 6) is -0.378. The SMILES string of the molecule is C=CC(=O)OCC=C(C)O.O=C1CCCCCO1. The van der Waals surface area contributed by atoms with Gasteiger partial charge in [-0.05, 0) is 32.3 Å². The molecule has 0 aromatic carbocycles. The van der Waals surface area contributed by atoms with Crippen LogP contribution in [0.2, 0.25) is 0 Å². The highest BCUT2D eigenvalue weighted by Gasteiger charge is 2.05. The van der Waals surface area contributed by atoms with E-state index in [2.05, 4.69) is 11.3 Å². The first-order valence-corrected chi connectivity index (χ1v) is 5.86. The molecule has 5 nitrogen and oxygen atoms in total. The molecule has 0 unspecified atom stereocenters. The number of hydrogen-bond donors (Lipinski definition) is 1. The maximum Gasteiger partial charge on any atom is 0.330 e. The summed E-state index contributed by atoms with van der Waals surface area (Å²) in [5, 5.41) is 8.58. The van der Waals surface area contributed by atoms with Crippen LogP contribution in [0.1, 0.15) is 32.6 Å². The minimum Gasteiger partial charge on any atom is -0.513 e. The predicted molar refractivity (Wildman–Crippen MR) is 67.0 cm³/mol. The lowest BCUT2D eigenvalue weighted by Gasteiger charge is -1.94. The minimum absolute atomic E-state index is 0.0255. The molecule has 0 atom stereocenters. The smallest absolute Gasteiger partial charge is 0.330 e. The van der Waals surface area contributed by atoms with Crippen LogP contribution in [0.5, 0.6) is 0 Å². The van der Waals surface area contributed by atoms with E-state index < -0.39 is 5.97 Å². The molecule has 0 aromatic heterocycles. The van der Waals surface area contributed by atoms with Crippen molar-refractivity contribution in [1.82, 2.24) is 0 Å². The van der Waals surface area contributed by atoms with E-state index in [4.69, 9.17) is 9.84 Å². The summed E-state index contributed by atoms with van der Waals surface area (Å²) in [6.07, 6.45) is 6.29. The number of carbonyl (C=O) groups is 2. The van der Waals surface area contributed by atoms with E-state index in [9.17, 15) is 9.59 Å². The van der Waals surface area contributed by atoms with Gasteiger partial charge in [-0.1, -0.05) is 6.58 Å². The molecule has 0 radical (unpaired) electrons. The Balaban J connectivity index is 0.000000327. The molecule has 102 valence electrons. The summed E-state index contributed by atoms with van der Waals surface area (Å²) < 4.78 is 9.27. The number of hydrogen-bond acceptors (Lipinski definition) is 5. The first kappa shape index (κ1) is 16.2. The average Bonchev–Trinajstić information content (AvgIpc) is 2.57. The number of rotatable bonds is 3. The monoisotopic (exact) mass is 256 g/mol. The zero-order valence-corrected chi connectivity index (χ0v) is 10.7. The first-order chi connectivity index (χ1) is 8.56. The van der Waals surface area contributed by atoms with Gasteiger partial charge in [0.15, 0.2) is 0 Å². The lowest BCUT2D eigenvalue weighted by Crippen LogP contribution is -2.00. The Morgan fingerprint density at radius 1 is 1.50 bits per heavy atom. The van der Waals surface area contributed by atoms with E-state index in [1.165, 1.54) is 13.0 Å². The fraction of sp³-hybridized carbons (Fsp3) is 0.538. The van der Waals surface area contributed by atoms with Crippen molar-refractivity contribution in [2.24, 2.45) is 0 Å². The second-order valence-corrected chi connectivity index (χ2v) is 3.71. The Kier molecular flexibility index (Phi) is 9.35. The Labute approximate surface area is 107 Å². The molecule has 1 aliphatic heterocycles. The van der Waals surface area contributed by atoms with Gasteiger partial charge >= 0.3 is 11.9 Å². The van der Waals surface area contributed by atoms with Gasteiger partial charge in [0.1, 0.15) is 6.61 Å². The first-order valence-electron chi connectivity index (χ1n) is 5.86. The van der Waals surface area contributed by atoms with Crippen LogP contribution in [0, 0.1) is 0 Å². The van der Waals surface area contributed by atoms with E-state index >= 15 is 0 Å². The third-order valence-corrected chi connectivity index (χ3v) is 2.06. The Hall–Kier alpha value is -1.78. The molecule has 1 fully saturated rings. The summed E-state index contributed by atoms with van der Waals surface area (Å²) >= 11 is 0. The van der Waals surface area contributed by atoms with Crippen LogP contribution >= 0.6 is 0 Å². The van der Waals surface area contributed by atoms with Gasteiger partial charge < -0.3 is 14.6 Å². The standard InChI is InChI=1S/C7H10O3.C6H10O2/c1-3-7(9)10-5-4-6(2)8;7-6-4-2-1-3-5-8-6/h3-4,8H,1,5H2,2H3;1-5H2. The van der Waals surface area contributed by atoms with Crippen LogP contribution in [0.15, 0.2) is 24.5 Å². The quantitative estimate of drug-likeness (QED) is 0.476. The highest BCUT2D eigenvalue weighted by atomic mass is 16.5. The maximum atomic E-state index is 10.5. The number of cyclic esters (lactones) is 1. The van der Waals surface area contributed by atoms with Gasteiger partial charge in [0.2, 0.25) is 0 Å². The highest BCUT2D eigenvalue weighted by Crippen LogP contribution is 2.06. The number of esters is 2. The average molecular weight is 256 g/mol. The lowest BCUT2D eigenvalue weighted by molar-refractivity contribution is -0.142. The number of aliphatic hydroxyl groups is 1. The molecule has 0 saturated carbocycles. The molecule has 0 spiro atoms. The van der Waals surface area contributed by atoms with Gasteiger partial charge in [0.25, 0.3) is 0 Å². The number of carbonyl (C=O) groups excluding carboxylic acids is 2. The van der Waals surface area contributed by atoms with Crippen LogP contribution in [0.25, 0.3) is 0 Å². The highest BCUT2D eigenvalue weighted by molar-refractivity contribution is 5.81. The molecule has 1 saturated heterocycles. The molecule has 1 heterocycles. The molecule has 1 rings (SSSR count). The summed E-state index contributed by atoms with van der Waals surface area (Å²) in [6, 6.07) is 0. The van der Waals surface area contributed by atoms with E-state index in [0.29, 0.717) is 13.0 Å². The maximum absolute atomic E-state index is 10.5. The Morgan fingerprint density at radius 2 is 2.22 bits per heavy atom. The van der Waals surface area contributed by atoms with Crippen molar-refractivity contribution >= 4 is 11.9 Å². The Morgan fingerprint density at radius 3 is 2.83 bits per heavy atom. The lowest BCUT2D eigenvalue weighted by atomic mass is 10.2. The van der Waals surface area contributed by atoms with Crippen molar-refractivity contribution in [2.45, 2.75) is 32.6 Å². The summed E-state index contributed by atoms with van der Waals surface area (Å²) in [5.41, 5.74) is 0. The summed E-state index contributed by atoms with van der Waals surface area (Å²) in [7, 11) is 0. The molecule has 1 aliphatic rings. The van der Waals surface area contributed by atoms with Gasteiger partial charge in [-0.25, -0.2) is 4.79 Å². The van der Waals surface area contributed by atoms with Gasteiger partial charge in [-0.2, -0.15) is 0 Å². The molecule has 0 aromatic rings. The Bertz CT molecular complexity index is 293. The van der Waals surface area contributed by atoms with Crippen molar-refractivity contribution in [3.05, 3.63) is 24.5 Å². The molecule has 5 heteroatoms. The fourth-order valence-corrected chi connectivity index (χ4v) is 1.11.